The maximum atomic E-state index is 13.1. The van der Waals surface area contributed by atoms with E-state index in [0.29, 0.717) is 24.9 Å². The molecule has 0 aliphatic rings. The molecule has 9 heteroatoms. The minimum absolute atomic E-state index is 0. The summed E-state index contributed by atoms with van der Waals surface area (Å²) < 4.78 is 40.9. The maximum absolute atomic E-state index is 13.1. The van der Waals surface area contributed by atoms with Gasteiger partial charge in [0, 0.05) is 37.1 Å². The average Bonchev–Trinajstić information content (AvgIpc) is 2.70. The van der Waals surface area contributed by atoms with Gasteiger partial charge in [-0.3, -0.25) is 14.6 Å². The molecule has 160 valence electrons. The van der Waals surface area contributed by atoms with Gasteiger partial charge < -0.3 is 9.88 Å². The fourth-order valence-corrected chi connectivity index (χ4v) is 3.13. The lowest BCUT2D eigenvalue weighted by Gasteiger charge is -2.14. The zero-order valence-electron chi connectivity index (χ0n) is 16.2. The molecule has 0 radical (unpaired) electrons. The van der Waals surface area contributed by atoms with Crippen molar-refractivity contribution >= 4 is 29.2 Å². The molecule has 1 aromatic carbocycles. The number of hydrogen-bond acceptors (Lipinski definition) is 3. The highest BCUT2D eigenvalue weighted by Crippen LogP contribution is 2.30. The van der Waals surface area contributed by atoms with E-state index in [-0.39, 0.29) is 29.9 Å². The standard InChI is InChI=1S/C21H20F3N3O2.ClH/c1-2-11-27-13-17(20(29)26-10-7-14-5-8-25-9-6-14)19(28)16-12-15(21(22,23)24)3-4-18(16)27;/h3-6,8-9,12-13H,2,7,10-11H2,1H3,(H,26,29);1H. The van der Waals surface area contributed by atoms with Crippen LogP contribution in [0.2, 0.25) is 0 Å². The van der Waals surface area contributed by atoms with E-state index >= 15 is 0 Å². The predicted molar refractivity (Wildman–Crippen MR) is 111 cm³/mol. The molecule has 0 bridgehead atoms. The quantitative estimate of drug-likeness (QED) is 0.625. The van der Waals surface area contributed by atoms with Gasteiger partial charge in [-0.15, -0.1) is 12.4 Å². The van der Waals surface area contributed by atoms with Crippen LogP contribution in [0.25, 0.3) is 10.9 Å². The van der Waals surface area contributed by atoms with Crippen LogP contribution < -0.4 is 10.7 Å². The Bertz CT molecular complexity index is 1080. The van der Waals surface area contributed by atoms with E-state index in [2.05, 4.69) is 10.3 Å². The van der Waals surface area contributed by atoms with Crippen LogP contribution in [-0.2, 0) is 19.1 Å². The lowest BCUT2D eigenvalue weighted by molar-refractivity contribution is -0.137. The van der Waals surface area contributed by atoms with Gasteiger partial charge in [-0.1, -0.05) is 6.92 Å². The van der Waals surface area contributed by atoms with E-state index in [1.165, 1.54) is 12.3 Å². The van der Waals surface area contributed by atoms with Gasteiger partial charge in [0.15, 0.2) is 0 Å². The van der Waals surface area contributed by atoms with Crippen LogP contribution in [-0.4, -0.2) is 22.0 Å². The summed E-state index contributed by atoms with van der Waals surface area (Å²) in [6.07, 6.45) is 1.37. The summed E-state index contributed by atoms with van der Waals surface area (Å²) in [6.45, 7) is 2.67. The number of fused-ring (bicyclic) bond motifs is 1. The number of rotatable bonds is 6. The van der Waals surface area contributed by atoms with Gasteiger partial charge in [-0.2, -0.15) is 13.2 Å². The second-order valence-electron chi connectivity index (χ2n) is 6.66. The Morgan fingerprint density at radius 1 is 1.17 bits per heavy atom. The topological polar surface area (TPSA) is 64.0 Å². The highest BCUT2D eigenvalue weighted by atomic mass is 35.5. The van der Waals surface area contributed by atoms with E-state index in [0.717, 1.165) is 17.7 Å². The van der Waals surface area contributed by atoms with Gasteiger partial charge in [-0.05, 0) is 48.7 Å². The number of amides is 1. The van der Waals surface area contributed by atoms with Crippen molar-refractivity contribution in [3.8, 4) is 0 Å². The van der Waals surface area contributed by atoms with Gasteiger partial charge in [0.1, 0.15) is 5.56 Å². The number of hydrogen-bond donors (Lipinski definition) is 1. The smallest absolute Gasteiger partial charge is 0.352 e. The molecular weight excluding hydrogens is 419 g/mol. The molecule has 0 atom stereocenters. The van der Waals surface area contributed by atoms with E-state index < -0.39 is 23.1 Å². The predicted octanol–water partition coefficient (Wildman–Crippen LogP) is 4.22. The molecule has 1 amide bonds. The van der Waals surface area contributed by atoms with Crippen molar-refractivity contribution in [2.45, 2.75) is 32.5 Å². The molecule has 3 rings (SSSR count). The molecular formula is C21H21ClF3N3O2. The summed E-state index contributed by atoms with van der Waals surface area (Å²) in [5, 5.41) is 2.56. The zero-order chi connectivity index (χ0) is 21.0. The van der Waals surface area contributed by atoms with E-state index in [1.807, 2.05) is 19.1 Å². The number of benzene rings is 1. The van der Waals surface area contributed by atoms with Gasteiger partial charge in [0.25, 0.3) is 5.91 Å². The normalized spacial score (nSPS) is 11.2. The number of pyridine rings is 2. The molecule has 0 aliphatic heterocycles. The SMILES string of the molecule is CCCn1cc(C(=O)NCCc2ccncc2)c(=O)c2cc(C(F)(F)F)ccc21.Cl. The van der Waals surface area contributed by atoms with Crippen molar-refractivity contribution in [1.29, 1.82) is 0 Å². The Kier molecular flexibility index (Phi) is 7.61. The number of alkyl halides is 3. The molecule has 0 fully saturated rings. The summed E-state index contributed by atoms with van der Waals surface area (Å²) in [5.74, 6) is -0.603. The lowest BCUT2D eigenvalue weighted by Crippen LogP contribution is -2.31. The van der Waals surface area contributed by atoms with E-state index in [9.17, 15) is 22.8 Å². The Morgan fingerprint density at radius 3 is 2.50 bits per heavy atom. The van der Waals surface area contributed by atoms with Crippen LogP contribution in [0.4, 0.5) is 13.2 Å². The van der Waals surface area contributed by atoms with Crippen LogP contribution in [0.3, 0.4) is 0 Å². The Morgan fingerprint density at radius 2 is 1.87 bits per heavy atom. The first-order valence-corrected chi connectivity index (χ1v) is 9.22. The van der Waals surface area contributed by atoms with Crippen LogP contribution in [0.5, 0.6) is 0 Å². The number of nitrogens with zero attached hydrogens (tertiary/aromatic N) is 2. The summed E-state index contributed by atoms with van der Waals surface area (Å²) >= 11 is 0. The van der Waals surface area contributed by atoms with Gasteiger partial charge >= 0.3 is 6.18 Å². The number of aryl methyl sites for hydroxylation is 1. The largest absolute Gasteiger partial charge is 0.416 e. The minimum Gasteiger partial charge on any atom is -0.352 e. The second kappa shape index (κ2) is 9.75. The van der Waals surface area contributed by atoms with E-state index in [1.54, 1.807) is 17.0 Å². The third-order valence-electron chi connectivity index (χ3n) is 4.57. The first kappa shape index (κ1) is 23.4. The second-order valence-corrected chi connectivity index (χ2v) is 6.66. The Hall–Kier alpha value is -2.87. The maximum Gasteiger partial charge on any atom is 0.416 e. The highest BCUT2D eigenvalue weighted by molar-refractivity contribution is 5.97. The van der Waals surface area contributed by atoms with Crippen LogP contribution in [0, 0.1) is 0 Å². The van der Waals surface area contributed by atoms with Crippen LogP contribution in [0.15, 0.2) is 53.7 Å². The van der Waals surface area contributed by atoms with Crippen molar-refractivity contribution in [3.05, 3.63) is 75.8 Å². The van der Waals surface area contributed by atoms with Crippen LogP contribution in [0.1, 0.15) is 34.8 Å². The van der Waals surface area contributed by atoms with Gasteiger partial charge in [-0.25, -0.2) is 0 Å². The lowest BCUT2D eigenvalue weighted by atomic mass is 10.1. The van der Waals surface area contributed by atoms with Crippen molar-refractivity contribution in [2.75, 3.05) is 6.54 Å². The third-order valence-corrected chi connectivity index (χ3v) is 4.57. The third kappa shape index (κ3) is 5.18. The highest BCUT2D eigenvalue weighted by Gasteiger charge is 2.31. The molecule has 30 heavy (non-hydrogen) atoms. The molecule has 0 saturated carbocycles. The first-order valence-electron chi connectivity index (χ1n) is 9.22. The summed E-state index contributed by atoms with van der Waals surface area (Å²) in [6, 6.07) is 6.67. The van der Waals surface area contributed by atoms with Gasteiger partial charge in [0.05, 0.1) is 11.1 Å². The average molecular weight is 440 g/mol. The van der Waals surface area contributed by atoms with Crippen molar-refractivity contribution < 1.29 is 18.0 Å². The first-order chi connectivity index (χ1) is 13.8. The van der Waals surface area contributed by atoms with E-state index in [4.69, 9.17) is 0 Å². The zero-order valence-corrected chi connectivity index (χ0v) is 17.0. The fourth-order valence-electron chi connectivity index (χ4n) is 3.13. The number of aromatic nitrogens is 2. The number of carbonyl (C=O) groups excluding carboxylic acids is 1. The molecule has 0 unspecified atom stereocenters. The Balaban J connectivity index is 0.00000320. The number of nitrogens with one attached hydrogen (secondary N) is 1. The van der Waals surface area contributed by atoms with Crippen molar-refractivity contribution in [1.82, 2.24) is 14.9 Å². The summed E-state index contributed by atoms with van der Waals surface area (Å²) in [5.41, 5.74) is -0.449. The van der Waals surface area contributed by atoms with Gasteiger partial charge in [0.2, 0.25) is 5.43 Å². The molecule has 0 spiro atoms. The molecule has 0 saturated heterocycles. The van der Waals surface area contributed by atoms with Crippen molar-refractivity contribution in [3.63, 3.8) is 0 Å². The number of halogens is 4. The monoisotopic (exact) mass is 439 g/mol. The molecule has 2 heterocycles. The minimum atomic E-state index is -4.57. The molecule has 5 nitrogen and oxygen atoms in total. The van der Waals surface area contributed by atoms with Crippen LogP contribution >= 0.6 is 12.4 Å². The molecule has 1 N–H and O–H groups in total. The summed E-state index contributed by atoms with van der Waals surface area (Å²) in [7, 11) is 0. The number of carbonyl (C=O) groups is 1. The Labute approximate surface area is 177 Å². The van der Waals surface area contributed by atoms with Crippen molar-refractivity contribution in [2.24, 2.45) is 0 Å². The summed E-state index contributed by atoms with van der Waals surface area (Å²) in [4.78, 5) is 29.3. The fraction of sp³-hybridized carbons (Fsp3) is 0.286. The molecule has 3 aromatic rings. The molecule has 0 aliphatic carbocycles. The molecule has 2 aromatic heterocycles.